The maximum Gasteiger partial charge on any atom is 0.342 e. The number of halogens is 1. The van der Waals surface area contributed by atoms with E-state index in [1.807, 2.05) is 0 Å². The molecule has 92 valence electrons. The number of carboxylic acids is 1. The Hall–Kier alpha value is -1.62. The van der Waals surface area contributed by atoms with Crippen LogP contribution in [0.4, 0.5) is 4.39 Å². The second-order valence-electron chi connectivity index (χ2n) is 3.86. The number of hydrogen-bond acceptors (Lipinski definition) is 3. The summed E-state index contributed by atoms with van der Waals surface area (Å²) in [6.07, 6.45) is 1.83. The average Bonchev–Trinajstić information content (AvgIpc) is 2.78. The van der Waals surface area contributed by atoms with Gasteiger partial charge in [0.05, 0.1) is 6.10 Å². The van der Waals surface area contributed by atoms with Crippen LogP contribution in [0.2, 0.25) is 0 Å². The topological polar surface area (TPSA) is 55.8 Å². The van der Waals surface area contributed by atoms with Gasteiger partial charge in [-0.2, -0.15) is 0 Å². The Labute approximate surface area is 98.0 Å². The van der Waals surface area contributed by atoms with Crippen molar-refractivity contribution in [2.75, 3.05) is 13.2 Å². The van der Waals surface area contributed by atoms with E-state index in [2.05, 4.69) is 0 Å². The molecule has 1 saturated heterocycles. The lowest BCUT2D eigenvalue weighted by Gasteiger charge is -2.13. The largest absolute Gasteiger partial charge is 0.490 e. The van der Waals surface area contributed by atoms with Gasteiger partial charge in [0.15, 0.2) is 0 Å². The third-order valence-electron chi connectivity index (χ3n) is 2.64. The summed E-state index contributed by atoms with van der Waals surface area (Å²) >= 11 is 0. The summed E-state index contributed by atoms with van der Waals surface area (Å²) in [7, 11) is 0. The molecule has 0 spiro atoms. The van der Waals surface area contributed by atoms with Crippen molar-refractivity contribution in [2.45, 2.75) is 18.9 Å². The maximum absolute atomic E-state index is 13.3. The van der Waals surface area contributed by atoms with Crippen LogP contribution in [0.5, 0.6) is 5.75 Å². The predicted octanol–water partition coefficient (Wildman–Crippen LogP) is 2.08. The normalized spacial score (nSPS) is 19.2. The first-order chi connectivity index (χ1) is 8.18. The van der Waals surface area contributed by atoms with Crippen molar-refractivity contribution in [3.63, 3.8) is 0 Å². The molecule has 1 unspecified atom stereocenters. The molecule has 0 saturated carbocycles. The van der Waals surface area contributed by atoms with Crippen LogP contribution in [0.25, 0.3) is 0 Å². The molecule has 2 rings (SSSR count). The van der Waals surface area contributed by atoms with Gasteiger partial charge in [0.2, 0.25) is 0 Å². The van der Waals surface area contributed by atoms with Gasteiger partial charge in [0, 0.05) is 6.61 Å². The molecular weight excluding hydrogens is 227 g/mol. The summed E-state index contributed by atoms with van der Waals surface area (Å²) in [5.41, 5.74) is -0.425. The summed E-state index contributed by atoms with van der Waals surface area (Å²) in [6, 6.07) is 3.97. The van der Waals surface area contributed by atoms with Crippen LogP contribution < -0.4 is 4.74 Å². The Morgan fingerprint density at radius 1 is 1.59 bits per heavy atom. The third-order valence-corrected chi connectivity index (χ3v) is 2.64. The highest BCUT2D eigenvalue weighted by molar-refractivity contribution is 5.91. The van der Waals surface area contributed by atoms with Crippen molar-refractivity contribution in [3.05, 3.63) is 29.6 Å². The zero-order valence-electron chi connectivity index (χ0n) is 9.19. The summed E-state index contributed by atoms with van der Waals surface area (Å²) in [5.74, 6) is -2.07. The molecule has 1 N–H and O–H groups in total. The van der Waals surface area contributed by atoms with E-state index < -0.39 is 17.3 Å². The molecule has 0 amide bonds. The van der Waals surface area contributed by atoms with E-state index in [4.69, 9.17) is 14.6 Å². The Morgan fingerprint density at radius 2 is 2.41 bits per heavy atom. The first kappa shape index (κ1) is 11.9. The number of aromatic carboxylic acids is 1. The van der Waals surface area contributed by atoms with Gasteiger partial charge in [-0.15, -0.1) is 0 Å². The second-order valence-corrected chi connectivity index (χ2v) is 3.86. The fourth-order valence-corrected chi connectivity index (χ4v) is 1.79. The lowest BCUT2D eigenvalue weighted by atomic mass is 10.2. The molecule has 1 atom stereocenters. The van der Waals surface area contributed by atoms with Gasteiger partial charge in [0.25, 0.3) is 0 Å². The summed E-state index contributed by atoms with van der Waals surface area (Å²) in [4.78, 5) is 10.9. The summed E-state index contributed by atoms with van der Waals surface area (Å²) in [5, 5.41) is 8.89. The number of carbonyl (C=O) groups is 1. The van der Waals surface area contributed by atoms with Crippen LogP contribution in [0.15, 0.2) is 18.2 Å². The average molecular weight is 240 g/mol. The molecule has 0 aromatic heterocycles. The monoisotopic (exact) mass is 240 g/mol. The van der Waals surface area contributed by atoms with Crippen LogP contribution in [-0.4, -0.2) is 30.4 Å². The molecule has 1 fully saturated rings. The molecule has 17 heavy (non-hydrogen) atoms. The van der Waals surface area contributed by atoms with Crippen LogP contribution in [0.1, 0.15) is 23.2 Å². The number of benzene rings is 1. The molecule has 4 nitrogen and oxygen atoms in total. The minimum Gasteiger partial charge on any atom is -0.490 e. The maximum atomic E-state index is 13.3. The van der Waals surface area contributed by atoms with Crippen molar-refractivity contribution in [1.82, 2.24) is 0 Å². The van der Waals surface area contributed by atoms with Gasteiger partial charge in [-0.1, -0.05) is 6.07 Å². The zero-order chi connectivity index (χ0) is 12.3. The fourth-order valence-electron chi connectivity index (χ4n) is 1.79. The van der Waals surface area contributed by atoms with E-state index in [1.165, 1.54) is 12.1 Å². The molecule has 1 aromatic carbocycles. The van der Waals surface area contributed by atoms with E-state index >= 15 is 0 Å². The molecule has 0 bridgehead atoms. The Morgan fingerprint density at radius 3 is 3.06 bits per heavy atom. The molecule has 0 aliphatic carbocycles. The van der Waals surface area contributed by atoms with Gasteiger partial charge in [-0.3, -0.25) is 0 Å². The van der Waals surface area contributed by atoms with Crippen LogP contribution >= 0.6 is 0 Å². The highest BCUT2D eigenvalue weighted by Crippen LogP contribution is 2.22. The van der Waals surface area contributed by atoms with Gasteiger partial charge < -0.3 is 14.6 Å². The number of carboxylic acid groups (broad SMARTS) is 1. The Balaban J connectivity index is 2.09. The Bertz CT molecular complexity index is 413. The molecule has 5 heteroatoms. The quantitative estimate of drug-likeness (QED) is 0.875. The molecule has 1 heterocycles. The highest BCUT2D eigenvalue weighted by Gasteiger charge is 2.20. The first-order valence-electron chi connectivity index (χ1n) is 5.44. The lowest BCUT2D eigenvalue weighted by molar-refractivity contribution is 0.0624. The van der Waals surface area contributed by atoms with Crippen LogP contribution in [0.3, 0.4) is 0 Å². The minimum absolute atomic E-state index is 0.0279. The van der Waals surface area contributed by atoms with Crippen molar-refractivity contribution >= 4 is 5.97 Å². The Kier molecular flexibility index (Phi) is 3.58. The number of rotatable bonds is 4. The van der Waals surface area contributed by atoms with Gasteiger partial charge >= 0.3 is 5.97 Å². The summed E-state index contributed by atoms with van der Waals surface area (Å²) in [6.45, 7) is 0.951. The predicted molar refractivity (Wildman–Crippen MR) is 57.8 cm³/mol. The number of ether oxygens (including phenoxy) is 2. The molecule has 1 aliphatic rings. The van der Waals surface area contributed by atoms with Crippen molar-refractivity contribution in [3.8, 4) is 5.75 Å². The van der Waals surface area contributed by atoms with Crippen molar-refractivity contribution < 1.29 is 23.8 Å². The van der Waals surface area contributed by atoms with Gasteiger partial charge in [0.1, 0.15) is 23.7 Å². The SMILES string of the molecule is O=C(O)c1c(F)cccc1OCC1CCCO1. The number of hydrogen-bond donors (Lipinski definition) is 1. The van der Waals surface area contributed by atoms with E-state index in [-0.39, 0.29) is 18.5 Å². The van der Waals surface area contributed by atoms with Crippen molar-refractivity contribution in [1.29, 1.82) is 0 Å². The zero-order valence-corrected chi connectivity index (χ0v) is 9.19. The lowest BCUT2D eigenvalue weighted by Crippen LogP contribution is -2.17. The smallest absolute Gasteiger partial charge is 0.342 e. The molecular formula is C12H13FO4. The molecule has 1 aromatic rings. The summed E-state index contributed by atoms with van der Waals surface area (Å²) < 4.78 is 24.0. The van der Waals surface area contributed by atoms with Gasteiger partial charge in [-0.05, 0) is 25.0 Å². The van der Waals surface area contributed by atoms with Crippen molar-refractivity contribution in [2.24, 2.45) is 0 Å². The van der Waals surface area contributed by atoms with E-state index in [1.54, 1.807) is 0 Å². The van der Waals surface area contributed by atoms with Crippen LogP contribution in [0, 0.1) is 5.82 Å². The van der Waals surface area contributed by atoms with E-state index in [0.29, 0.717) is 6.61 Å². The highest BCUT2D eigenvalue weighted by atomic mass is 19.1. The molecule has 1 aliphatic heterocycles. The minimum atomic E-state index is -1.33. The standard InChI is InChI=1S/C12H13FO4/c13-9-4-1-5-10(11(9)12(14)15)17-7-8-3-2-6-16-8/h1,4-5,8H,2-3,6-7H2,(H,14,15). The second kappa shape index (κ2) is 5.14. The van der Waals surface area contributed by atoms with E-state index in [0.717, 1.165) is 18.9 Å². The fraction of sp³-hybridized carbons (Fsp3) is 0.417. The van der Waals surface area contributed by atoms with E-state index in [9.17, 15) is 9.18 Å². The van der Waals surface area contributed by atoms with Crippen LogP contribution in [-0.2, 0) is 4.74 Å². The third kappa shape index (κ3) is 2.74. The van der Waals surface area contributed by atoms with Gasteiger partial charge in [-0.25, -0.2) is 9.18 Å². The molecule has 0 radical (unpaired) electrons. The first-order valence-corrected chi connectivity index (χ1v) is 5.44.